The smallest absolute Gasteiger partial charge is 0.261 e. The lowest BCUT2D eigenvalue weighted by atomic mass is 10.00. The van der Waals surface area contributed by atoms with Gasteiger partial charge in [-0.25, -0.2) is 4.98 Å². The molecule has 61 heavy (non-hydrogen) atoms. The largest absolute Gasteiger partial charge is 0.505 e. The van der Waals surface area contributed by atoms with Crippen molar-refractivity contribution in [3.63, 3.8) is 0 Å². The first-order valence-corrected chi connectivity index (χ1v) is 20.7. The lowest BCUT2D eigenvalue weighted by Crippen LogP contribution is -2.12. The number of aromatic hydroxyl groups is 1. The highest BCUT2D eigenvalue weighted by Gasteiger charge is 2.22. The van der Waals surface area contributed by atoms with E-state index in [0.717, 1.165) is 60.5 Å². The Morgan fingerprint density at radius 3 is 1.85 bits per heavy atom. The van der Waals surface area contributed by atoms with Crippen LogP contribution in [0.15, 0.2) is 170 Å². The van der Waals surface area contributed by atoms with Gasteiger partial charge in [0.1, 0.15) is 5.69 Å². The van der Waals surface area contributed by atoms with Gasteiger partial charge in [-0.3, -0.25) is 10.1 Å². The van der Waals surface area contributed by atoms with Crippen LogP contribution in [0.1, 0.15) is 38.1 Å². The van der Waals surface area contributed by atoms with E-state index >= 15 is 0 Å². The van der Waals surface area contributed by atoms with Gasteiger partial charge in [0.05, 0.1) is 50.4 Å². The Balaban J connectivity index is 1.10. The van der Waals surface area contributed by atoms with E-state index in [0.29, 0.717) is 21.6 Å². The molecule has 0 saturated carbocycles. The highest BCUT2D eigenvalue weighted by atomic mass is 32.1. The minimum atomic E-state index is -0.511. The van der Waals surface area contributed by atoms with Crippen molar-refractivity contribution in [1.82, 2.24) is 9.97 Å². The highest BCUT2D eigenvalue weighted by molar-refractivity contribution is 7.22. The predicted molar refractivity (Wildman–Crippen MR) is 247 cm³/mol. The van der Waals surface area contributed by atoms with Crippen molar-refractivity contribution >= 4 is 105 Å². The van der Waals surface area contributed by atoms with Crippen LogP contribution < -0.4 is 10.2 Å². The summed E-state index contributed by atoms with van der Waals surface area (Å²) in [5.41, 5.74) is 7.47. The van der Waals surface area contributed by atoms with Crippen molar-refractivity contribution in [1.29, 1.82) is 0 Å². The molecule has 0 spiro atoms. The summed E-state index contributed by atoms with van der Waals surface area (Å²) in [6.07, 6.45) is 0. The van der Waals surface area contributed by atoms with Crippen LogP contribution in [0.4, 0.5) is 44.9 Å². The number of hydrogen-bond donors (Lipinski definition) is 3. The molecule has 7 aromatic carbocycles. The van der Waals surface area contributed by atoms with Crippen molar-refractivity contribution in [2.24, 2.45) is 30.7 Å². The zero-order chi connectivity index (χ0) is 42.0. The number of anilines is 4. The first kappa shape index (κ1) is 38.9. The van der Waals surface area contributed by atoms with E-state index in [1.165, 1.54) is 11.3 Å². The number of amides is 1. The second-order valence-corrected chi connectivity index (χ2v) is 16.1. The summed E-state index contributed by atoms with van der Waals surface area (Å²) >= 11 is 1.36. The van der Waals surface area contributed by atoms with Gasteiger partial charge in [0.25, 0.3) is 5.91 Å². The van der Waals surface area contributed by atoms with Crippen LogP contribution in [0.25, 0.3) is 42.8 Å². The number of phenols is 1. The quantitative estimate of drug-likeness (QED) is 0.111. The molecule has 0 bridgehead atoms. The van der Waals surface area contributed by atoms with E-state index in [4.69, 9.17) is 0 Å². The molecule has 2 heterocycles. The summed E-state index contributed by atoms with van der Waals surface area (Å²) < 4.78 is 0.940. The number of fused-ring (bicyclic) bond motifs is 6. The Bertz CT molecular complexity index is 3060. The first-order chi connectivity index (χ1) is 29.7. The van der Waals surface area contributed by atoms with Crippen molar-refractivity contribution in [2.75, 3.05) is 10.2 Å². The number of aromatic amines is 1. The van der Waals surface area contributed by atoms with Crippen LogP contribution in [0, 0.1) is 0 Å². The number of thiazole rings is 1. The lowest BCUT2D eigenvalue weighted by Gasteiger charge is -2.25. The fourth-order valence-corrected chi connectivity index (χ4v) is 7.93. The Morgan fingerprint density at radius 2 is 1.25 bits per heavy atom. The number of carbonyl (C=O) groups excluding carboxylic acids is 1. The molecule has 0 aliphatic rings. The monoisotopic (exact) mass is 820 g/mol. The summed E-state index contributed by atoms with van der Waals surface area (Å²) in [4.78, 5) is 24.1. The molecule has 0 aliphatic carbocycles. The maximum atomic E-state index is 13.9. The van der Waals surface area contributed by atoms with Gasteiger partial charge in [-0.05, 0) is 130 Å². The Morgan fingerprint density at radius 1 is 0.672 bits per heavy atom. The molecule has 0 fully saturated rings. The number of hydrogen-bond acceptors (Lipinski definition) is 11. The predicted octanol–water partition coefficient (Wildman–Crippen LogP) is 14.9. The van der Waals surface area contributed by atoms with Crippen LogP contribution in [0.3, 0.4) is 0 Å². The van der Waals surface area contributed by atoms with E-state index in [1.807, 2.05) is 161 Å². The molecule has 0 atom stereocenters. The number of para-hydroxylation sites is 2. The fourth-order valence-electron chi connectivity index (χ4n) is 7.06. The van der Waals surface area contributed by atoms with Gasteiger partial charge in [-0.2, -0.15) is 25.6 Å². The van der Waals surface area contributed by atoms with Crippen LogP contribution >= 0.6 is 11.3 Å². The van der Waals surface area contributed by atoms with Gasteiger partial charge in [0, 0.05) is 38.7 Å². The molecule has 3 N–H and O–H groups in total. The molecule has 9 rings (SSSR count). The van der Waals surface area contributed by atoms with E-state index in [1.54, 1.807) is 6.07 Å². The maximum absolute atomic E-state index is 13.9. The molecular weight excluding hydrogens is 781 g/mol. The lowest BCUT2D eigenvalue weighted by molar-refractivity contribution is 0.102. The standard InChI is InChI=1S/C48H40N10O2S/c1-28(2)52-54-31-14-20-34(21-15-31)58(35-22-16-32(17-23-35)55-53-29(3)4)36-24-18-33(19-25-36)56-57-45-43-30(13-26-38-37-9-5-6-10-40(37)49-44(38)43)27-39(46(45)59)47(60)51-48-50-41-11-7-8-12-42(41)61-48/h5-29,49,59H,1-4H3,(H,50,51,60). The van der Waals surface area contributed by atoms with E-state index in [9.17, 15) is 9.90 Å². The molecule has 2 aromatic heterocycles. The van der Waals surface area contributed by atoms with Gasteiger partial charge < -0.3 is 15.0 Å². The zero-order valence-corrected chi connectivity index (χ0v) is 34.6. The van der Waals surface area contributed by atoms with Crippen LogP contribution in [0.5, 0.6) is 5.75 Å². The minimum absolute atomic E-state index is 0.0514. The first-order valence-electron chi connectivity index (χ1n) is 19.9. The van der Waals surface area contributed by atoms with Crippen molar-refractivity contribution < 1.29 is 9.90 Å². The second kappa shape index (κ2) is 16.5. The third kappa shape index (κ3) is 8.06. The summed E-state index contributed by atoms with van der Waals surface area (Å²) in [6.45, 7) is 7.95. The number of azo groups is 3. The number of carbonyl (C=O) groups is 1. The molecule has 0 radical (unpaired) electrons. The number of H-pyrrole nitrogens is 1. The van der Waals surface area contributed by atoms with Crippen molar-refractivity contribution in [2.45, 2.75) is 39.8 Å². The molecule has 0 unspecified atom stereocenters. The summed E-state index contributed by atoms with van der Waals surface area (Å²) in [6, 6.07) is 44.9. The van der Waals surface area contributed by atoms with E-state index in [2.05, 4.69) is 50.9 Å². The zero-order valence-electron chi connectivity index (χ0n) is 33.8. The number of benzene rings is 7. The summed E-state index contributed by atoms with van der Waals surface area (Å²) in [5, 5.41) is 45.2. The van der Waals surface area contributed by atoms with E-state index in [-0.39, 0.29) is 29.1 Å². The molecule has 1 amide bonds. The van der Waals surface area contributed by atoms with Crippen LogP contribution in [-0.2, 0) is 0 Å². The second-order valence-electron chi connectivity index (χ2n) is 15.0. The fraction of sp³-hybridized carbons (Fsp3) is 0.125. The van der Waals surface area contributed by atoms with Gasteiger partial charge in [-0.15, -0.1) is 5.11 Å². The molecular formula is C48H40N10O2S. The molecule has 9 aromatic rings. The molecule has 13 heteroatoms. The molecule has 0 saturated heterocycles. The average molecular weight is 821 g/mol. The molecule has 12 nitrogen and oxygen atoms in total. The Hall–Kier alpha value is -7.64. The molecule has 300 valence electrons. The average Bonchev–Trinajstić information content (AvgIpc) is 3.87. The van der Waals surface area contributed by atoms with Crippen molar-refractivity contribution in [3.05, 3.63) is 145 Å². The third-order valence-corrected chi connectivity index (χ3v) is 10.8. The number of aromatic nitrogens is 2. The Kier molecular flexibility index (Phi) is 10.5. The van der Waals surface area contributed by atoms with Crippen LogP contribution in [0.2, 0.25) is 0 Å². The summed E-state index contributed by atoms with van der Waals surface area (Å²) in [7, 11) is 0. The number of rotatable bonds is 11. The number of nitrogens with zero attached hydrogens (tertiary/aromatic N) is 8. The Labute approximate surface area is 355 Å². The topological polar surface area (TPSA) is 155 Å². The minimum Gasteiger partial charge on any atom is -0.505 e. The van der Waals surface area contributed by atoms with Crippen LogP contribution in [-0.4, -0.2) is 33.1 Å². The van der Waals surface area contributed by atoms with Gasteiger partial charge in [0.2, 0.25) is 0 Å². The van der Waals surface area contributed by atoms with E-state index < -0.39 is 5.91 Å². The number of phenolic OH excluding ortho intramolecular Hbond substituents is 1. The normalized spacial score (nSPS) is 12.2. The SMILES string of the molecule is CC(C)N=Nc1ccc(N(c2ccc(N=Nc3c(O)c(C(=O)Nc4nc5ccccc5s4)cc4ccc5c6ccccc6[nH]c5c34)cc2)c2ccc(N=NC(C)C)cc2)cc1. The number of nitrogens with one attached hydrogen (secondary N) is 2. The third-order valence-electron chi connectivity index (χ3n) is 9.89. The highest BCUT2D eigenvalue weighted by Crippen LogP contribution is 2.45. The maximum Gasteiger partial charge on any atom is 0.261 e. The summed E-state index contributed by atoms with van der Waals surface area (Å²) in [5.74, 6) is -0.806. The van der Waals surface area contributed by atoms with Gasteiger partial charge >= 0.3 is 0 Å². The van der Waals surface area contributed by atoms with Crippen molar-refractivity contribution in [3.8, 4) is 5.75 Å². The van der Waals surface area contributed by atoms with Gasteiger partial charge in [-0.1, -0.05) is 53.8 Å². The van der Waals surface area contributed by atoms with Gasteiger partial charge in [0.15, 0.2) is 10.9 Å². The molecule has 0 aliphatic heterocycles.